The molecule has 0 saturated carbocycles. The van der Waals surface area contributed by atoms with E-state index in [0.717, 1.165) is 54.1 Å². The van der Waals surface area contributed by atoms with E-state index in [2.05, 4.69) is 24.8 Å². The van der Waals surface area contributed by atoms with Gasteiger partial charge in [0.05, 0.1) is 23.0 Å². The molecule has 0 bridgehead atoms. The molecule has 3 aliphatic rings. The van der Waals surface area contributed by atoms with Gasteiger partial charge in [-0.25, -0.2) is 17.5 Å². The highest BCUT2D eigenvalue weighted by Gasteiger charge is 2.32. The predicted molar refractivity (Wildman–Crippen MR) is 225 cm³/mol. The van der Waals surface area contributed by atoms with Crippen molar-refractivity contribution < 1.29 is 27.2 Å². The molecule has 0 radical (unpaired) electrons. The molecule has 5 heterocycles. The van der Waals surface area contributed by atoms with Crippen LogP contribution in [0.2, 0.25) is 0 Å². The van der Waals surface area contributed by atoms with Crippen molar-refractivity contribution in [3.8, 4) is 28.1 Å². The lowest BCUT2D eigenvalue weighted by atomic mass is 9.90. The topological polar surface area (TPSA) is 150 Å². The molecule has 0 spiro atoms. The van der Waals surface area contributed by atoms with E-state index in [0.29, 0.717) is 56.7 Å². The van der Waals surface area contributed by atoms with E-state index in [9.17, 15) is 22.8 Å². The molecule has 3 saturated heterocycles. The van der Waals surface area contributed by atoms with E-state index >= 15 is 4.39 Å². The minimum atomic E-state index is -3.71. The van der Waals surface area contributed by atoms with Crippen LogP contribution in [0.5, 0.6) is 0 Å². The highest BCUT2D eigenvalue weighted by Crippen LogP contribution is 2.36. The smallest absolute Gasteiger partial charge is 0.234 e. The standard InChI is InChI=1S/C44H47FN8O5S/c1-2-28-59(57,58)49-39-5-3-4-37(41(39)45)38-29-53(48-42(38)31-16-20-46-21-17-31)35-12-10-34(11-13-35)51-24-26-52(27-25-51)44(56)32-18-22-50(23-19-32)33-8-6-30(7-9-33)36-14-15-40(54)47-43(36)55/h3-13,16-17,20-21,29,32,36,49H,2,14-15,18-19,22-28H2,1H3,(H,47,54,55)/t36-/m1/s1. The normalized spacial score (nSPS) is 17.9. The summed E-state index contributed by atoms with van der Waals surface area (Å²) >= 11 is 0. The van der Waals surface area contributed by atoms with Crippen LogP contribution >= 0.6 is 0 Å². The Morgan fingerprint density at radius 1 is 0.814 bits per heavy atom. The van der Waals surface area contributed by atoms with Gasteiger partial charge in [0, 0.05) is 98.3 Å². The van der Waals surface area contributed by atoms with Crippen LogP contribution < -0.4 is 19.8 Å². The molecular weight excluding hydrogens is 772 g/mol. The second-order valence-electron chi connectivity index (χ2n) is 15.3. The first-order chi connectivity index (χ1) is 28.6. The maximum atomic E-state index is 16.0. The highest BCUT2D eigenvalue weighted by molar-refractivity contribution is 7.92. The number of piperazine rings is 1. The van der Waals surface area contributed by atoms with Gasteiger partial charge in [-0.3, -0.25) is 29.4 Å². The summed E-state index contributed by atoms with van der Waals surface area (Å²) in [4.78, 5) is 48.2. The Bertz CT molecular complexity index is 2430. The Kier molecular flexibility index (Phi) is 11.5. The van der Waals surface area contributed by atoms with Gasteiger partial charge in [0.1, 0.15) is 5.69 Å². The molecule has 15 heteroatoms. The zero-order valence-corrected chi connectivity index (χ0v) is 33.7. The maximum Gasteiger partial charge on any atom is 0.234 e. The number of aromatic nitrogens is 3. The summed E-state index contributed by atoms with van der Waals surface area (Å²) in [7, 11) is -3.71. The molecule has 2 aromatic heterocycles. The molecule has 3 aromatic carbocycles. The van der Waals surface area contributed by atoms with Crippen LogP contribution in [0.4, 0.5) is 21.5 Å². The molecule has 0 unspecified atom stereocenters. The number of imide groups is 1. The first-order valence-electron chi connectivity index (χ1n) is 20.2. The molecule has 5 aromatic rings. The fourth-order valence-electron chi connectivity index (χ4n) is 8.31. The lowest BCUT2D eigenvalue weighted by Crippen LogP contribution is -2.51. The van der Waals surface area contributed by atoms with E-state index in [1.807, 2.05) is 53.4 Å². The van der Waals surface area contributed by atoms with Crippen molar-refractivity contribution in [2.24, 2.45) is 5.92 Å². The molecule has 306 valence electrons. The monoisotopic (exact) mass is 818 g/mol. The van der Waals surface area contributed by atoms with Gasteiger partial charge < -0.3 is 14.7 Å². The van der Waals surface area contributed by atoms with E-state index in [-0.39, 0.29) is 46.6 Å². The van der Waals surface area contributed by atoms with E-state index in [1.54, 1.807) is 54.5 Å². The Morgan fingerprint density at radius 2 is 1.46 bits per heavy atom. The van der Waals surface area contributed by atoms with Gasteiger partial charge in [-0.1, -0.05) is 31.2 Å². The van der Waals surface area contributed by atoms with Crippen molar-refractivity contribution in [2.45, 2.75) is 44.9 Å². The molecule has 3 amide bonds. The largest absolute Gasteiger partial charge is 0.371 e. The summed E-state index contributed by atoms with van der Waals surface area (Å²) in [6.07, 6.45) is 7.88. The third kappa shape index (κ3) is 8.70. The third-order valence-electron chi connectivity index (χ3n) is 11.5. The number of benzene rings is 3. The number of hydrogen-bond acceptors (Lipinski definition) is 9. The summed E-state index contributed by atoms with van der Waals surface area (Å²) in [6, 6.07) is 24.2. The molecule has 8 rings (SSSR count). The molecule has 59 heavy (non-hydrogen) atoms. The molecule has 0 aliphatic carbocycles. The first-order valence-corrected chi connectivity index (χ1v) is 21.8. The predicted octanol–water partition coefficient (Wildman–Crippen LogP) is 5.98. The number of pyridine rings is 1. The van der Waals surface area contributed by atoms with Crippen LogP contribution in [0.3, 0.4) is 0 Å². The number of carbonyl (C=O) groups excluding carboxylic acids is 3. The summed E-state index contributed by atoms with van der Waals surface area (Å²) in [6.45, 7) is 6.01. The Morgan fingerprint density at radius 3 is 2.12 bits per heavy atom. The van der Waals surface area contributed by atoms with Crippen LogP contribution in [0, 0.1) is 11.7 Å². The first kappa shape index (κ1) is 39.7. The van der Waals surface area contributed by atoms with Gasteiger partial charge in [0.25, 0.3) is 0 Å². The van der Waals surface area contributed by atoms with Crippen molar-refractivity contribution in [1.29, 1.82) is 0 Å². The van der Waals surface area contributed by atoms with E-state index < -0.39 is 15.8 Å². The second kappa shape index (κ2) is 17.0. The lowest BCUT2D eigenvalue weighted by Gasteiger charge is -2.39. The molecular formula is C44H47FN8O5S. The molecule has 3 aliphatic heterocycles. The minimum Gasteiger partial charge on any atom is -0.371 e. The molecule has 3 fully saturated rings. The number of anilines is 3. The number of sulfonamides is 1. The fourth-order valence-corrected chi connectivity index (χ4v) is 9.44. The van der Waals surface area contributed by atoms with Gasteiger partial charge in [-0.15, -0.1) is 0 Å². The van der Waals surface area contributed by atoms with Crippen molar-refractivity contribution >= 4 is 44.8 Å². The number of piperidine rings is 2. The van der Waals surface area contributed by atoms with Gasteiger partial charge >= 0.3 is 0 Å². The summed E-state index contributed by atoms with van der Waals surface area (Å²) in [5, 5.41) is 7.30. The van der Waals surface area contributed by atoms with E-state index in [4.69, 9.17) is 5.10 Å². The van der Waals surface area contributed by atoms with Crippen LogP contribution in [0.15, 0.2) is 97.5 Å². The molecule has 1 atom stereocenters. The van der Waals surface area contributed by atoms with Crippen molar-refractivity contribution in [3.63, 3.8) is 0 Å². The summed E-state index contributed by atoms with van der Waals surface area (Å²) < 4.78 is 45.1. The van der Waals surface area contributed by atoms with Crippen molar-refractivity contribution in [3.05, 3.63) is 109 Å². The Labute approximate surface area is 343 Å². The number of nitrogens with one attached hydrogen (secondary N) is 2. The number of rotatable bonds is 11. The van der Waals surface area contributed by atoms with Gasteiger partial charge in [-0.2, -0.15) is 5.10 Å². The van der Waals surface area contributed by atoms with Crippen molar-refractivity contribution in [2.75, 3.05) is 59.5 Å². The van der Waals surface area contributed by atoms with E-state index in [1.165, 1.54) is 6.07 Å². The highest BCUT2D eigenvalue weighted by atomic mass is 32.2. The van der Waals surface area contributed by atoms with Crippen molar-refractivity contribution in [1.82, 2.24) is 25.0 Å². The Balaban J connectivity index is 0.889. The van der Waals surface area contributed by atoms with Gasteiger partial charge in [0.15, 0.2) is 5.82 Å². The number of carbonyl (C=O) groups is 3. The number of amides is 3. The quantitative estimate of drug-likeness (QED) is 0.154. The zero-order chi connectivity index (χ0) is 41.1. The third-order valence-corrected chi connectivity index (χ3v) is 13.0. The van der Waals surface area contributed by atoms with Crippen LogP contribution in [0.25, 0.3) is 28.1 Å². The minimum absolute atomic E-state index is 0.0165. The zero-order valence-electron chi connectivity index (χ0n) is 32.9. The van der Waals surface area contributed by atoms with Crippen LogP contribution in [0.1, 0.15) is 50.5 Å². The fraction of sp³-hybridized carbons (Fsp3) is 0.341. The lowest BCUT2D eigenvalue weighted by molar-refractivity contribution is -0.136. The average molecular weight is 819 g/mol. The van der Waals surface area contributed by atoms with Gasteiger partial charge in [0.2, 0.25) is 27.7 Å². The number of nitrogens with zero attached hydrogens (tertiary/aromatic N) is 6. The van der Waals surface area contributed by atoms with Gasteiger partial charge in [-0.05, 0) is 85.8 Å². The average Bonchev–Trinajstić information content (AvgIpc) is 3.70. The van der Waals surface area contributed by atoms with Crippen LogP contribution in [-0.4, -0.2) is 90.8 Å². The number of halogens is 1. The maximum absolute atomic E-state index is 16.0. The van der Waals surface area contributed by atoms with Crippen LogP contribution in [-0.2, 0) is 24.4 Å². The SMILES string of the molecule is CCCS(=O)(=O)Nc1cccc(-c2cn(-c3ccc(N4CCN(C(=O)C5CCN(c6ccc([C@H]7CCC(=O)NC7=O)cc6)CC5)CC4)cc3)nc2-c2ccncc2)c1F. The number of hydrogen-bond donors (Lipinski definition) is 2. The second-order valence-corrected chi connectivity index (χ2v) is 17.2. The summed E-state index contributed by atoms with van der Waals surface area (Å²) in [5.74, 6) is -1.35. The summed E-state index contributed by atoms with van der Waals surface area (Å²) in [5.41, 5.74) is 5.63. The molecule has 13 nitrogen and oxygen atoms in total. The molecule has 2 N–H and O–H groups in total. The Hall–Kier alpha value is -6.09.